The molecule has 0 aliphatic heterocycles. The first-order valence-corrected chi connectivity index (χ1v) is 12.0. The van der Waals surface area contributed by atoms with Crippen LogP contribution < -0.4 is 10.9 Å². The van der Waals surface area contributed by atoms with Crippen LogP contribution in [0.2, 0.25) is 0 Å². The number of aryl methyl sites for hydroxylation is 1. The van der Waals surface area contributed by atoms with Crippen molar-refractivity contribution in [2.45, 2.75) is 45.3 Å². The Labute approximate surface area is 204 Å². The molecule has 3 aromatic carbocycles. The van der Waals surface area contributed by atoms with Crippen molar-refractivity contribution in [3.63, 3.8) is 0 Å². The van der Waals surface area contributed by atoms with E-state index in [1.165, 1.54) is 0 Å². The topological polar surface area (TPSA) is 81.4 Å². The van der Waals surface area contributed by atoms with E-state index >= 15 is 0 Å². The largest absolute Gasteiger partial charge is 0.405 e. The van der Waals surface area contributed by atoms with E-state index in [1.54, 1.807) is 6.07 Å². The maximum Gasteiger partial charge on any atom is 0.347 e. The zero-order valence-electron chi connectivity index (χ0n) is 20.1. The second-order valence-corrected chi connectivity index (χ2v) is 8.98. The van der Waals surface area contributed by atoms with Crippen LogP contribution >= 0.6 is 0 Å². The smallest absolute Gasteiger partial charge is 0.347 e. The summed E-state index contributed by atoms with van der Waals surface area (Å²) >= 11 is 0. The SMILES string of the molecule is CCC(CC)(NC(=O)COC1c2ccccc2-c2ccccc21)c1nc2cccc(C)c2c(=O)o1. The number of benzene rings is 3. The molecule has 1 amide bonds. The van der Waals surface area contributed by atoms with Crippen LogP contribution in [0.1, 0.15) is 55.4 Å². The standard InChI is InChI=1S/C29H28N2O4/c1-4-29(5-2,28-30-23-16-10-11-18(3)25(23)27(33)35-28)31-24(32)17-34-26-21-14-8-6-12-19(21)20-13-7-9-15-22(20)26/h6-16,26H,4-5,17H2,1-3H3,(H,31,32). The van der Waals surface area contributed by atoms with E-state index in [9.17, 15) is 9.59 Å². The van der Waals surface area contributed by atoms with Crippen LogP contribution in [0, 0.1) is 6.92 Å². The molecule has 1 aromatic heterocycles. The maximum atomic E-state index is 13.1. The highest BCUT2D eigenvalue weighted by Crippen LogP contribution is 2.45. The van der Waals surface area contributed by atoms with E-state index in [-0.39, 0.29) is 24.5 Å². The third-order valence-electron chi connectivity index (χ3n) is 7.02. The van der Waals surface area contributed by atoms with Gasteiger partial charge in [0, 0.05) is 0 Å². The Morgan fingerprint density at radius 2 is 1.60 bits per heavy atom. The lowest BCUT2D eigenvalue weighted by Gasteiger charge is -2.30. The van der Waals surface area contributed by atoms with E-state index < -0.39 is 11.2 Å². The van der Waals surface area contributed by atoms with Crippen LogP contribution in [0.5, 0.6) is 0 Å². The minimum Gasteiger partial charge on any atom is -0.405 e. The van der Waals surface area contributed by atoms with Gasteiger partial charge >= 0.3 is 5.63 Å². The van der Waals surface area contributed by atoms with Gasteiger partial charge in [-0.05, 0) is 53.6 Å². The quantitative estimate of drug-likeness (QED) is 0.392. The number of carbonyl (C=O) groups is 1. The molecule has 0 saturated heterocycles. The van der Waals surface area contributed by atoms with Gasteiger partial charge in [0.05, 0.1) is 10.9 Å². The predicted octanol–water partition coefficient (Wildman–Crippen LogP) is 5.41. The fraction of sp³-hybridized carbons (Fsp3) is 0.276. The van der Waals surface area contributed by atoms with Crippen molar-refractivity contribution in [2.75, 3.05) is 6.61 Å². The van der Waals surface area contributed by atoms with Gasteiger partial charge in [0.25, 0.3) is 0 Å². The Balaban J connectivity index is 1.40. The second-order valence-electron chi connectivity index (χ2n) is 8.98. The van der Waals surface area contributed by atoms with Gasteiger partial charge < -0.3 is 14.5 Å². The summed E-state index contributed by atoms with van der Waals surface area (Å²) in [5, 5.41) is 3.53. The zero-order chi connectivity index (χ0) is 24.6. The Bertz CT molecular complexity index is 1420. The Morgan fingerprint density at radius 1 is 0.971 bits per heavy atom. The fourth-order valence-corrected chi connectivity index (χ4v) is 5.02. The summed E-state index contributed by atoms with van der Waals surface area (Å²) in [4.78, 5) is 30.6. The van der Waals surface area contributed by atoms with E-state index in [4.69, 9.17) is 9.15 Å². The highest BCUT2D eigenvalue weighted by Gasteiger charge is 2.36. The minimum absolute atomic E-state index is 0.133. The van der Waals surface area contributed by atoms with Gasteiger partial charge in [-0.2, -0.15) is 0 Å². The summed E-state index contributed by atoms with van der Waals surface area (Å²) in [5.41, 5.74) is 4.37. The number of amides is 1. The Morgan fingerprint density at radius 3 is 2.23 bits per heavy atom. The molecule has 5 rings (SSSR count). The van der Waals surface area contributed by atoms with Crippen LogP contribution in [-0.4, -0.2) is 17.5 Å². The molecule has 4 aromatic rings. The highest BCUT2D eigenvalue weighted by molar-refractivity contribution is 5.82. The van der Waals surface area contributed by atoms with Crippen LogP contribution in [-0.2, 0) is 15.1 Å². The molecule has 0 fully saturated rings. The second kappa shape index (κ2) is 9.12. The lowest BCUT2D eigenvalue weighted by molar-refractivity contribution is -0.129. The van der Waals surface area contributed by atoms with Gasteiger partial charge in [-0.3, -0.25) is 4.79 Å². The first kappa shape index (κ1) is 23.0. The van der Waals surface area contributed by atoms with Crippen LogP contribution in [0.3, 0.4) is 0 Å². The number of ether oxygens (including phenoxy) is 1. The average Bonchev–Trinajstić information content (AvgIpc) is 3.19. The molecule has 1 aliphatic rings. The van der Waals surface area contributed by atoms with Gasteiger partial charge in [-0.25, -0.2) is 9.78 Å². The number of hydrogen-bond acceptors (Lipinski definition) is 5. The van der Waals surface area contributed by atoms with Gasteiger partial charge in [-0.1, -0.05) is 74.5 Å². The number of nitrogens with zero attached hydrogens (tertiary/aromatic N) is 1. The number of aromatic nitrogens is 1. The Hall–Kier alpha value is -3.77. The summed E-state index contributed by atoms with van der Waals surface area (Å²) in [6.45, 7) is 5.60. The highest BCUT2D eigenvalue weighted by atomic mass is 16.5. The van der Waals surface area contributed by atoms with Gasteiger partial charge in [0.1, 0.15) is 18.2 Å². The number of carbonyl (C=O) groups excluding carboxylic acids is 1. The molecule has 0 unspecified atom stereocenters. The molecule has 6 heteroatoms. The molecule has 0 atom stereocenters. The fourth-order valence-electron chi connectivity index (χ4n) is 5.02. The summed E-state index contributed by atoms with van der Waals surface area (Å²) in [5.74, 6) is -0.0696. The number of fused-ring (bicyclic) bond motifs is 4. The molecule has 0 bridgehead atoms. The maximum absolute atomic E-state index is 13.1. The Kier molecular flexibility index (Phi) is 5.99. The van der Waals surface area contributed by atoms with Crippen molar-refractivity contribution >= 4 is 16.8 Å². The molecular formula is C29H28N2O4. The van der Waals surface area contributed by atoms with E-state index in [1.807, 2.05) is 69.3 Å². The molecule has 1 heterocycles. The van der Waals surface area contributed by atoms with E-state index in [0.29, 0.717) is 23.7 Å². The number of rotatable bonds is 7. The monoisotopic (exact) mass is 468 g/mol. The molecular weight excluding hydrogens is 440 g/mol. The molecule has 6 nitrogen and oxygen atoms in total. The molecule has 1 N–H and O–H groups in total. The summed E-state index contributed by atoms with van der Waals surface area (Å²) in [7, 11) is 0. The molecule has 0 spiro atoms. The summed E-state index contributed by atoms with van der Waals surface area (Å²) in [6.07, 6.45) is 0.709. The molecule has 0 radical (unpaired) electrons. The van der Waals surface area contributed by atoms with Crippen molar-refractivity contribution < 1.29 is 13.9 Å². The van der Waals surface area contributed by atoms with E-state index in [0.717, 1.165) is 27.8 Å². The first-order valence-electron chi connectivity index (χ1n) is 12.0. The first-order chi connectivity index (χ1) is 17.0. The molecule has 1 aliphatic carbocycles. The lowest BCUT2D eigenvalue weighted by atomic mass is 9.92. The van der Waals surface area contributed by atoms with Crippen LogP contribution in [0.15, 0.2) is 75.9 Å². The molecule has 0 saturated carbocycles. The number of hydrogen-bond donors (Lipinski definition) is 1. The van der Waals surface area contributed by atoms with Crippen molar-refractivity contribution in [1.82, 2.24) is 10.3 Å². The lowest BCUT2D eigenvalue weighted by Crippen LogP contribution is -2.47. The van der Waals surface area contributed by atoms with Gasteiger partial charge in [-0.15, -0.1) is 0 Å². The van der Waals surface area contributed by atoms with Crippen molar-refractivity contribution in [3.05, 3.63) is 99.7 Å². The van der Waals surface area contributed by atoms with Crippen molar-refractivity contribution in [1.29, 1.82) is 0 Å². The minimum atomic E-state index is -0.914. The number of nitrogens with one attached hydrogen (secondary N) is 1. The normalized spacial score (nSPS) is 13.0. The van der Waals surface area contributed by atoms with Gasteiger partial charge in [0.2, 0.25) is 11.8 Å². The average molecular weight is 469 g/mol. The van der Waals surface area contributed by atoms with Crippen molar-refractivity contribution in [2.24, 2.45) is 0 Å². The third-order valence-corrected chi connectivity index (χ3v) is 7.02. The predicted molar refractivity (Wildman–Crippen MR) is 135 cm³/mol. The molecule has 35 heavy (non-hydrogen) atoms. The van der Waals surface area contributed by atoms with Gasteiger partial charge in [0.15, 0.2) is 0 Å². The molecule has 178 valence electrons. The van der Waals surface area contributed by atoms with Crippen LogP contribution in [0.4, 0.5) is 0 Å². The van der Waals surface area contributed by atoms with Crippen molar-refractivity contribution in [3.8, 4) is 11.1 Å². The summed E-state index contributed by atoms with van der Waals surface area (Å²) < 4.78 is 11.8. The third kappa shape index (κ3) is 3.94. The zero-order valence-corrected chi connectivity index (χ0v) is 20.1. The van der Waals surface area contributed by atoms with Crippen LogP contribution in [0.25, 0.3) is 22.0 Å². The van der Waals surface area contributed by atoms with E-state index in [2.05, 4.69) is 22.4 Å². The summed E-state index contributed by atoms with van der Waals surface area (Å²) in [6, 6.07) is 21.7.